The minimum Gasteiger partial charge on any atom is -0.466 e. The molecule has 3 aromatic rings. The zero-order valence-electron chi connectivity index (χ0n) is 16.0. The van der Waals surface area contributed by atoms with Gasteiger partial charge in [0, 0.05) is 61.6 Å². The highest BCUT2D eigenvalue weighted by molar-refractivity contribution is 5.86. The van der Waals surface area contributed by atoms with E-state index < -0.39 is 0 Å². The van der Waals surface area contributed by atoms with Crippen molar-refractivity contribution >= 4 is 16.9 Å². The Hall–Kier alpha value is -2.73. The van der Waals surface area contributed by atoms with Gasteiger partial charge in [0.05, 0.1) is 13.0 Å². The number of hydrogen-bond donors (Lipinski definition) is 0. The maximum absolute atomic E-state index is 14.0. The fourth-order valence-electron chi connectivity index (χ4n) is 4.05. The van der Waals surface area contributed by atoms with E-state index in [9.17, 15) is 9.18 Å². The second kappa shape index (κ2) is 8.10. The standard InChI is InChI=1S/C22H24FN3O2/c1-2-28-22(27)8-11-26-20-6-5-17(23)12-18(20)19-15-25(10-7-21(19)26)14-16-4-3-9-24-13-16/h3-6,9,12-13H,2,7-8,10-11,14-15H2,1H3. The van der Waals surface area contributed by atoms with E-state index in [1.807, 2.05) is 25.3 Å². The number of carbonyl (C=O) groups excluding carboxylic acids is 1. The SMILES string of the molecule is CCOC(=O)CCn1c2c(c3cc(F)ccc31)CN(Cc1cccnc1)CC2. The summed E-state index contributed by atoms with van der Waals surface area (Å²) in [6.45, 7) is 5.25. The van der Waals surface area contributed by atoms with Gasteiger partial charge in [-0.05, 0) is 42.3 Å². The lowest BCUT2D eigenvalue weighted by Crippen LogP contribution is -2.30. The zero-order chi connectivity index (χ0) is 19.5. The molecule has 1 aliphatic rings. The molecule has 3 heterocycles. The van der Waals surface area contributed by atoms with Gasteiger partial charge in [0.2, 0.25) is 0 Å². The van der Waals surface area contributed by atoms with Gasteiger partial charge in [-0.25, -0.2) is 4.39 Å². The molecule has 0 saturated carbocycles. The molecule has 0 saturated heterocycles. The van der Waals surface area contributed by atoms with Crippen LogP contribution in [0, 0.1) is 5.82 Å². The predicted octanol–water partition coefficient (Wildman–Crippen LogP) is 3.69. The van der Waals surface area contributed by atoms with Gasteiger partial charge < -0.3 is 9.30 Å². The lowest BCUT2D eigenvalue weighted by molar-refractivity contribution is -0.143. The minimum atomic E-state index is -0.234. The smallest absolute Gasteiger partial charge is 0.307 e. The van der Waals surface area contributed by atoms with E-state index in [-0.39, 0.29) is 11.8 Å². The Morgan fingerprint density at radius 1 is 1.32 bits per heavy atom. The molecule has 0 atom stereocenters. The molecule has 1 aliphatic heterocycles. The largest absolute Gasteiger partial charge is 0.466 e. The topological polar surface area (TPSA) is 47.4 Å². The number of aryl methyl sites for hydroxylation is 1. The van der Waals surface area contributed by atoms with E-state index in [4.69, 9.17) is 4.74 Å². The van der Waals surface area contributed by atoms with Crippen molar-refractivity contribution in [1.29, 1.82) is 0 Å². The third kappa shape index (κ3) is 3.78. The Morgan fingerprint density at radius 3 is 3.00 bits per heavy atom. The lowest BCUT2D eigenvalue weighted by Gasteiger charge is -2.28. The Morgan fingerprint density at radius 2 is 2.21 bits per heavy atom. The maximum atomic E-state index is 14.0. The number of hydrogen-bond acceptors (Lipinski definition) is 4. The van der Waals surface area contributed by atoms with Gasteiger partial charge >= 0.3 is 5.97 Å². The second-order valence-electron chi connectivity index (χ2n) is 7.12. The zero-order valence-corrected chi connectivity index (χ0v) is 16.0. The quantitative estimate of drug-likeness (QED) is 0.611. The highest BCUT2D eigenvalue weighted by Crippen LogP contribution is 2.32. The highest BCUT2D eigenvalue weighted by Gasteiger charge is 2.24. The van der Waals surface area contributed by atoms with Gasteiger partial charge in [0.1, 0.15) is 5.82 Å². The first-order valence-corrected chi connectivity index (χ1v) is 9.72. The van der Waals surface area contributed by atoms with Crippen molar-refractivity contribution in [2.75, 3.05) is 13.2 Å². The number of carbonyl (C=O) groups is 1. The van der Waals surface area contributed by atoms with Crippen LogP contribution in [0.3, 0.4) is 0 Å². The monoisotopic (exact) mass is 381 g/mol. The van der Waals surface area contributed by atoms with Crippen LogP contribution < -0.4 is 0 Å². The van der Waals surface area contributed by atoms with Crippen LogP contribution >= 0.6 is 0 Å². The molecule has 6 heteroatoms. The molecule has 28 heavy (non-hydrogen) atoms. The molecule has 0 unspecified atom stereocenters. The van der Waals surface area contributed by atoms with Gasteiger partial charge in [-0.15, -0.1) is 0 Å². The Labute approximate surface area is 163 Å². The molecule has 5 nitrogen and oxygen atoms in total. The molecule has 0 fully saturated rings. The molecule has 0 spiro atoms. The average molecular weight is 381 g/mol. The lowest BCUT2D eigenvalue weighted by atomic mass is 10.0. The molecule has 0 bridgehead atoms. The van der Waals surface area contributed by atoms with Crippen LogP contribution in [0.1, 0.15) is 30.2 Å². The molecule has 146 valence electrons. The minimum absolute atomic E-state index is 0.200. The predicted molar refractivity (Wildman–Crippen MR) is 105 cm³/mol. The Bertz CT molecular complexity index is 984. The fraction of sp³-hybridized carbons (Fsp3) is 0.364. The van der Waals surface area contributed by atoms with E-state index in [0.29, 0.717) is 19.6 Å². The third-order valence-electron chi connectivity index (χ3n) is 5.27. The fourth-order valence-corrected chi connectivity index (χ4v) is 4.05. The summed E-state index contributed by atoms with van der Waals surface area (Å²) in [5.41, 5.74) is 4.52. The van der Waals surface area contributed by atoms with Crippen molar-refractivity contribution < 1.29 is 13.9 Å². The molecule has 0 N–H and O–H groups in total. The molecule has 0 aliphatic carbocycles. The van der Waals surface area contributed by atoms with Crippen LogP contribution in [0.2, 0.25) is 0 Å². The van der Waals surface area contributed by atoms with Crippen LogP contribution in [0.15, 0.2) is 42.7 Å². The first-order chi connectivity index (χ1) is 13.7. The number of ether oxygens (including phenoxy) is 1. The summed E-state index contributed by atoms with van der Waals surface area (Å²) in [7, 11) is 0. The van der Waals surface area contributed by atoms with Crippen molar-refractivity contribution in [3.8, 4) is 0 Å². The van der Waals surface area contributed by atoms with Gasteiger partial charge in [0.25, 0.3) is 0 Å². The molecule has 0 amide bonds. The Kier molecular flexibility index (Phi) is 5.39. The van der Waals surface area contributed by atoms with Gasteiger partial charge in [-0.1, -0.05) is 6.07 Å². The van der Waals surface area contributed by atoms with Crippen LogP contribution in [0.5, 0.6) is 0 Å². The number of halogens is 1. The first-order valence-electron chi connectivity index (χ1n) is 9.72. The summed E-state index contributed by atoms with van der Waals surface area (Å²) in [4.78, 5) is 18.4. The van der Waals surface area contributed by atoms with Crippen molar-refractivity contribution in [2.24, 2.45) is 0 Å². The number of nitrogens with zero attached hydrogens (tertiary/aromatic N) is 3. The number of benzene rings is 1. The number of pyridine rings is 1. The number of aromatic nitrogens is 2. The van der Waals surface area contributed by atoms with Crippen molar-refractivity contribution in [1.82, 2.24) is 14.5 Å². The first kappa shape index (κ1) is 18.6. The maximum Gasteiger partial charge on any atom is 0.307 e. The summed E-state index contributed by atoms with van der Waals surface area (Å²) in [5, 5.41) is 0.940. The van der Waals surface area contributed by atoms with Crippen LogP contribution in [0.4, 0.5) is 4.39 Å². The number of fused-ring (bicyclic) bond motifs is 3. The second-order valence-corrected chi connectivity index (χ2v) is 7.12. The van der Waals surface area contributed by atoms with E-state index in [2.05, 4.69) is 20.5 Å². The average Bonchev–Trinajstić information content (AvgIpc) is 3.00. The number of esters is 1. The highest BCUT2D eigenvalue weighted by atomic mass is 19.1. The van der Waals surface area contributed by atoms with Crippen molar-refractivity contribution in [3.63, 3.8) is 0 Å². The van der Waals surface area contributed by atoms with E-state index in [0.717, 1.165) is 42.5 Å². The molecular formula is C22H24FN3O2. The molecule has 0 radical (unpaired) electrons. The van der Waals surface area contributed by atoms with E-state index >= 15 is 0 Å². The summed E-state index contributed by atoms with van der Waals surface area (Å²) < 4.78 is 21.2. The van der Waals surface area contributed by atoms with Crippen LogP contribution in [-0.2, 0) is 35.6 Å². The number of rotatable bonds is 6. The van der Waals surface area contributed by atoms with Gasteiger partial charge in [-0.3, -0.25) is 14.7 Å². The van der Waals surface area contributed by atoms with Gasteiger partial charge in [-0.2, -0.15) is 0 Å². The summed E-state index contributed by atoms with van der Waals surface area (Å²) in [5.74, 6) is -0.434. The summed E-state index contributed by atoms with van der Waals surface area (Å²) >= 11 is 0. The normalized spacial score (nSPS) is 14.2. The van der Waals surface area contributed by atoms with Crippen molar-refractivity contribution in [3.05, 3.63) is 65.4 Å². The molecular weight excluding hydrogens is 357 g/mol. The van der Waals surface area contributed by atoms with Crippen LogP contribution in [-0.4, -0.2) is 33.6 Å². The molecule has 2 aromatic heterocycles. The summed E-state index contributed by atoms with van der Waals surface area (Å²) in [6.07, 6.45) is 4.85. The Balaban J connectivity index is 1.63. The van der Waals surface area contributed by atoms with Gasteiger partial charge in [0.15, 0.2) is 0 Å². The van der Waals surface area contributed by atoms with E-state index in [1.165, 1.54) is 17.3 Å². The summed E-state index contributed by atoms with van der Waals surface area (Å²) in [6, 6.07) is 8.94. The molecule has 4 rings (SSSR count). The third-order valence-corrected chi connectivity index (χ3v) is 5.27. The van der Waals surface area contributed by atoms with E-state index in [1.54, 1.807) is 12.3 Å². The van der Waals surface area contributed by atoms with Crippen LogP contribution in [0.25, 0.3) is 10.9 Å². The van der Waals surface area contributed by atoms with Crippen molar-refractivity contribution in [2.45, 2.75) is 39.4 Å². The molecule has 1 aromatic carbocycles.